The van der Waals surface area contributed by atoms with E-state index in [2.05, 4.69) is 16.7 Å². The molecule has 0 bridgehead atoms. The maximum Gasteiger partial charge on any atom is 0.332 e. The summed E-state index contributed by atoms with van der Waals surface area (Å²) in [5, 5.41) is 0. The summed E-state index contributed by atoms with van der Waals surface area (Å²) in [5.74, 6) is 6.13. The van der Waals surface area contributed by atoms with Gasteiger partial charge in [-0.3, -0.25) is 4.90 Å². The van der Waals surface area contributed by atoms with Gasteiger partial charge in [-0.1, -0.05) is 18.3 Å². The zero-order valence-corrected chi connectivity index (χ0v) is 14.1. The van der Waals surface area contributed by atoms with Crippen LogP contribution in [0.3, 0.4) is 0 Å². The lowest BCUT2D eigenvalue weighted by Gasteiger charge is -2.43. The van der Waals surface area contributed by atoms with Gasteiger partial charge in [0.05, 0.1) is 11.6 Å². The third-order valence-electron chi connectivity index (χ3n) is 5.18. The molecule has 0 N–H and O–H groups in total. The van der Waals surface area contributed by atoms with Crippen LogP contribution in [-0.2, 0) is 14.3 Å². The normalized spacial score (nSPS) is 32.2. The first-order chi connectivity index (χ1) is 10.9. The van der Waals surface area contributed by atoms with E-state index >= 15 is 0 Å². The van der Waals surface area contributed by atoms with E-state index in [0.717, 1.165) is 30.7 Å². The van der Waals surface area contributed by atoms with E-state index in [1.165, 1.54) is 18.4 Å². The summed E-state index contributed by atoms with van der Waals surface area (Å²) in [6, 6.07) is 0.320. The van der Waals surface area contributed by atoms with Gasteiger partial charge in [-0.15, -0.1) is 0 Å². The van der Waals surface area contributed by atoms with Gasteiger partial charge in [0.2, 0.25) is 0 Å². The summed E-state index contributed by atoms with van der Waals surface area (Å²) >= 11 is 0. The van der Waals surface area contributed by atoms with Gasteiger partial charge in [0.1, 0.15) is 6.61 Å². The van der Waals surface area contributed by atoms with Crippen LogP contribution >= 0.6 is 0 Å². The van der Waals surface area contributed by atoms with Crippen LogP contribution in [0.1, 0.15) is 40.0 Å². The van der Waals surface area contributed by atoms with Crippen molar-refractivity contribution in [3.05, 3.63) is 22.8 Å². The number of ether oxygens (including phenoxy) is 2. The number of carbonyl (C=O) groups is 1. The predicted molar refractivity (Wildman–Crippen MR) is 86.6 cm³/mol. The second-order valence-electron chi connectivity index (χ2n) is 7.75. The van der Waals surface area contributed by atoms with Gasteiger partial charge in [0.15, 0.2) is 5.60 Å². The highest BCUT2D eigenvalue weighted by molar-refractivity contribution is 5.94. The van der Waals surface area contributed by atoms with E-state index in [0.29, 0.717) is 12.6 Å². The van der Waals surface area contributed by atoms with Crippen molar-refractivity contribution in [3.8, 4) is 11.8 Å². The molecule has 3 aliphatic heterocycles. The summed E-state index contributed by atoms with van der Waals surface area (Å²) in [4.78, 5) is 14.4. The molecule has 0 saturated carbocycles. The molecule has 4 nitrogen and oxygen atoms in total. The standard InChI is InChI=1S/C19H23NO3/c1-18(2,3)22-10-6-7-13-14-11-17(21)23-19(14)15(13)12-20-9-5-4-8-16(19)20/h11,16H,4-5,8-10,12H2,1-3H3/t16?,19-/m1/s1. The van der Waals surface area contributed by atoms with E-state index in [4.69, 9.17) is 9.47 Å². The number of fused-ring (bicyclic) bond motifs is 1. The van der Waals surface area contributed by atoms with Crippen LogP contribution < -0.4 is 0 Å². The molecule has 0 aromatic rings. The molecule has 1 aliphatic carbocycles. The van der Waals surface area contributed by atoms with Crippen molar-refractivity contribution in [1.29, 1.82) is 0 Å². The fourth-order valence-electron chi connectivity index (χ4n) is 4.24. The van der Waals surface area contributed by atoms with E-state index in [-0.39, 0.29) is 11.6 Å². The van der Waals surface area contributed by atoms with Gasteiger partial charge in [0, 0.05) is 29.3 Å². The maximum absolute atomic E-state index is 11.9. The highest BCUT2D eigenvalue weighted by Crippen LogP contribution is 2.58. The smallest absolute Gasteiger partial charge is 0.332 e. The molecule has 0 aromatic heterocycles. The molecule has 2 atom stereocenters. The van der Waals surface area contributed by atoms with Gasteiger partial charge >= 0.3 is 5.97 Å². The van der Waals surface area contributed by atoms with Crippen LogP contribution in [0.2, 0.25) is 0 Å². The number of piperidine rings is 1. The molecule has 0 radical (unpaired) electrons. The molecule has 1 unspecified atom stereocenters. The molecule has 2 fully saturated rings. The summed E-state index contributed by atoms with van der Waals surface area (Å²) < 4.78 is 11.5. The first-order valence-electron chi connectivity index (χ1n) is 8.48. The number of carbonyl (C=O) groups excluding carboxylic acids is 1. The highest BCUT2D eigenvalue weighted by atomic mass is 16.6. The van der Waals surface area contributed by atoms with Crippen LogP contribution in [0.25, 0.3) is 0 Å². The summed E-state index contributed by atoms with van der Waals surface area (Å²) in [6.45, 7) is 8.44. The molecule has 23 heavy (non-hydrogen) atoms. The molecule has 0 amide bonds. The third kappa shape index (κ3) is 2.18. The first kappa shape index (κ1) is 15.0. The third-order valence-corrected chi connectivity index (χ3v) is 5.18. The summed E-state index contributed by atoms with van der Waals surface area (Å²) in [5.41, 5.74) is 2.59. The number of nitrogens with zero attached hydrogens (tertiary/aromatic N) is 1. The Bertz CT molecular complexity index is 686. The van der Waals surface area contributed by atoms with Crippen LogP contribution in [0.5, 0.6) is 0 Å². The Hall–Kier alpha value is -1.57. The Morgan fingerprint density at radius 3 is 3.04 bits per heavy atom. The Kier molecular flexibility index (Phi) is 3.23. The Balaban J connectivity index is 1.62. The molecular formula is C19H23NO3. The minimum Gasteiger partial charge on any atom is -0.445 e. The van der Waals surface area contributed by atoms with Gasteiger partial charge in [-0.05, 0) is 40.2 Å². The van der Waals surface area contributed by atoms with Crippen molar-refractivity contribution >= 4 is 5.97 Å². The Morgan fingerprint density at radius 1 is 1.43 bits per heavy atom. The molecule has 3 heterocycles. The monoisotopic (exact) mass is 313 g/mol. The quantitative estimate of drug-likeness (QED) is 0.549. The van der Waals surface area contributed by atoms with Crippen LogP contribution in [-0.4, -0.2) is 47.8 Å². The summed E-state index contributed by atoms with van der Waals surface area (Å²) in [6.07, 6.45) is 5.19. The fourth-order valence-corrected chi connectivity index (χ4v) is 4.24. The second kappa shape index (κ2) is 4.96. The molecular weight excluding hydrogens is 290 g/mol. The molecule has 4 aliphatic rings. The first-order valence-corrected chi connectivity index (χ1v) is 8.48. The number of rotatable bonds is 1. The Labute approximate surface area is 137 Å². The minimum absolute atomic E-state index is 0.185. The van der Waals surface area contributed by atoms with Gasteiger partial charge in [0.25, 0.3) is 0 Å². The fraction of sp³-hybridized carbons (Fsp3) is 0.632. The lowest BCUT2D eigenvalue weighted by Crippen LogP contribution is -2.52. The number of hydrogen-bond donors (Lipinski definition) is 0. The zero-order chi connectivity index (χ0) is 16.2. The summed E-state index contributed by atoms with van der Waals surface area (Å²) in [7, 11) is 0. The largest absolute Gasteiger partial charge is 0.445 e. The molecule has 4 rings (SSSR count). The van der Waals surface area contributed by atoms with Crippen LogP contribution in [0.4, 0.5) is 0 Å². The van der Waals surface area contributed by atoms with Crippen molar-refractivity contribution in [2.75, 3.05) is 19.7 Å². The lowest BCUT2D eigenvalue weighted by atomic mass is 9.67. The topological polar surface area (TPSA) is 38.8 Å². The van der Waals surface area contributed by atoms with Crippen molar-refractivity contribution < 1.29 is 14.3 Å². The zero-order valence-electron chi connectivity index (χ0n) is 14.1. The SMILES string of the molecule is CC(C)(C)OCC#CC1=C2CN3CCCCC3[C@]23OC(=O)C=C13. The average molecular weight is 313 g/mol. The molecule has 0 aromatic carbocycles. The van der Waals surface area contributed by atoms with Crippen molar-refractivity contribution in [2.24, 2.45) is 0 Å². The van der Waals surface area contributed by atoms with E-state index in [1.807, 2.05) is 20.8 Å². The Morgan fingerprint density at radius 2 is 2.26 bits per heavy atom. The van der Waals surface area contributed by atoms with E-state index in [1.54, 1.807) is 6.08 Å². The van der Waals surface area contributed by atoms with Crippen LogP contribution in [0.15, 0.2) is 22.8 Å². The number of hydrogen-bond acceptors (Lipinski definition) is 4. The molecule has 1 spiro atoms. The van der Waals surface area contributed by atoms with Gasteiger partial charge in [-0.2, -0.15) is 0 Å². The van der Waals surface area contributed by atoms with Crippen molar-refractivity contribution in [2.45, 2.75) is 57.3 Å². The minimum atomic E-state index is -0.466. The molecule has 4 heteroatoms. The van der Waals surface area contributed by atoms with Gasteiger partial charge < -0.3 is 9.47 Å². The lowest BCUT2D eigenvalue weighted by molar-refractivity contribution is -0.146. The van der Waals surface area contributed by atoms with Crippen molar-refractivity contribution in [3.63, 3.8) is 0 Å². The number of esters is 1. The van der Waals surface area contributed by atoms with Gasteiger partial charge in [-0.25, -0.2) is 4.79 Å². The van der Waals surface area contributed by atoms with Crippen LogP contribution in [0, 0.1) is 11.8 Å². The van der Waals surface area contributed by atoms with E-state index in [9.17, 15) is 4.79 Å². The maximum atomic E-state index is 11.9. The van der Waals surface area contributed by atoms with Crippen molar-refractivity contribution in [1.82, 2.24) is 4.90 Å². The van der Waals surface area contributed by atoms with E-state index < -0.39 is 5.60 Å². The predicted octanol–water partition coefficient (Wildman–Crippen LogP) is 2.21. The highest BCUT2D eigenvalue weighted by Gasteiger charge is 2.66. The average Bonchev–Trinajstić information content (AvgIpc) is 2.93. The molecule has 2 saturated heterocycles. The molecule has 122 valence electrons. The second-order valence-corrected chi connectivity index (χ2v) is 7.75.